The van der Waals surface area contributed by atoms with E-state index in [1.165, 1.54) is 16.7 Å². The Morgan fingerprint density at radius 3 is 2.41 bits per heavy atom. The average molecular weight is 233 g/mol. The molecule has 2 heteroatoms. The van der Waals surface area contributed by atoms with E-state index in [4.69, 9.17) is 10.5 Å². The molecule has 17 heavy (non-hydrogen) atoms. The van der Waals surface area contributed by atoms with Gasteiger partial charge in [0.25, 0.3) is 0 Å². The lowest BCUT2D eigenvalue weighted by Crippen LogP contribution is -2.39. The van der Waals surface area contributed by atoms with Gasteiger partial charge in [-0.3, -0.25) is 0 Å². The van der Waals surface area contributed by atoms with Gasteiger partial charge in [-0.25, -0.2) is 0 Å². The number of fused-ring (bicyclic) bond motifs is 1. The third-order valence-corrected chi connectivity index (χ3v) is 3.40. The van der Waals surface area contributed by atoms with Gasteiger partial charge in [-0.15, -0.1) is 0 Å². The predicted octanol–water partition coefficient (Wildman–Crippen LogP) is 3.12. The molecule has 0 unspecified atom stereocenters. The van der Waals surface area contributed by atoms with E-state index in [2.05, 4.69) is 45.9 Å². The minimum Gasteiger partial charge on any atom is -0.372 e. The Bertz CT molecular complexity index is 415. The molecule has 0 fully saturated rings. The van der Waals surface area contributed by atoms with Gasteiger partial charge in [0.15, 0.2) is 0 Å². The molecule has 0 bridgehead atoms. The largest absolute Gasteiger partial charge is 0.372 e. The fraction of sp³-hybridized carbons (Fsp3) is 0.600. The smallest absolute Gasteiger partial charge is 0.0725 e. The van der Waals surface area contributed by atoms with Gasteiger partial charge in [0, 0.05) is 5.54 Å². The first-order valence-electron chi connectivity index (χ1n) is 6.27. The van der Waals surface area contributed by atoms with Crippen molar-refractivity contribution in [3.63, 3.8) is 0 Å². The lowest BCUT2D eigenvalue weighted by molar-refractivity contribution is 0.134. The van der Waals surface area contributed by atoms with Gasteiger partial charge in [-0.1, -0.05) is 32.0 Å². The van der Waals surface area contributed by atoms with Crippen molar-refractivity contribution in [2.24, 2.45) is 5.73 Å². The lowest BCUT2D eigenvalue weighted by atomic mass is 9.75. The highest BCUT2D eigenvalue weighted by Crippen LogP contribution is 2.33. The molecule has 0 saturated carbocycles. The van der Waals surface area contributed by atoms with Crippen LogP contribution in [0.5, 0.6) is 0 Å². The molecule has 2 rings (SSSR count). The first-order chi connectivity index (χ1) is 7.78. The van der Waals surface area contributed by atoms with Gasteiger partial charge >= 0.3 is 0 Å². The van der Waals surface area contributed by atoms with Crippen LogP contribution < -0.4 is 5.73 Å². The summed E-state index contributed by atoms with van der Waals surface area (Å²) in [6.45, 7) is 10.2. The lowest BCUT2D eigenvalue weighted by Gasteiger charge is -2.33. The quantitative estimate of drug-likeness (QED) is 0.870. The molecule has 0 aromatic heterocycles. The van der Waals surface area contributed by atoms with Crippen molar-refractivity contribution in [1.29, 1.82) is 0 Å². The molecule has 1 aromatic carbocycles. The third-order valence-electron chi connectivity index (χ3n) is 3.40. The molecule has 0 saturated heterocycles. The zero-order valence-corrected chi connectivity index (χ0v) is 11.3. The van der Waals surface area contributed by atoms with Gasteiger partial charge in [-0.2, -0.15) is 0 Å². The molecular formula is C15H23NO. The molecule has 0 amide bonds. The molecule has 0 atom stereocenters. The molecule has 1 aromatic rings. The van der Waals surface area contributed by atoms with Crippen LogP contribution in [0.15, 0.2) is 18.2 Å². The van der Waals surface area contributed by atoms with E-state index in [-0.39, 0.29) is 11.0 Å². The summed E-state index contributed by atoms with van der Waals surface area (Å²) in [5, 5.41) is 0. The van der Waals surface area contributed by atoms with Gasteiger partial charge in [-0.05, 0) is 42.4 Å². The summed E-state index contributed by atoms with van der Waals surface area (Å²) in [6.07, 6.45) is 0.972. The Labute approximate surface area is 104 Å². The Kier molecular flexibility index (Phi) is 3.04. The first kappa shape index (κ1) is 12.6. The van der Waals surface area contributed by atoms with Crippen molar-refractivity contribution in [2.75, 3.05) is 0 Å². The van der Waals surface area contributed by atoms with Crippen LogP contribution in [0.4, 0.5) is 0 Å². The normalized spacial score (nSPS) is 16.1. The molecule has 94 valence electrons. The van der Waals surface area contributed by atoms with E-state index < -0.39 is 0 Å². The minimum absolute atomic E-state index is 0.107. The molecule has 0 aliphatic carbocycles. The predicted molar refractivity (Wildman–Crippen MR) is 70.8 cm³/mol. The van der Waals surface area contributed by atoms with E-state index in [1.54, 1.807) is 0 Å². The van der Waals surface area contributed by atoms with Crippen molar-refractivity contribution >= 4 is 0 Å². The van der Waals surface area contributed by atoms with Gasteiger partial charge in [0.2, 0.25) is 0 Å². The summed E-state index contributed by atoms with van der Waals surface area (Å²) >= 11 is 0. The van der Waals surface area contributed by atoms with Gasteiger partial charge in [0.1, 0.15) is 0 Å². The van der Waals surface area contributed by atoms with Crippen LogP contribution in [0.2, 0.25) is 0 Å². The zero-order valence-electron chi connectivity index (χ0n) is 11.3. The zero-order chi connectivity index (χ0) is 12.7. The fourth-order valence-corrected chi connectivity index (χ4v) is 2.83. The van der Waals surface area contributed by atoms with Crippen molar-refractivity contribution in [2.45, 2.75) is 58.3 Å². The van der Waals surface area contributed by atoms with E-state index in [9.17, 15) is 0 Å². The summed E-state index contributed by atoms with van der Waals surface area (Å²) in [5.74, 6) is 0. The van der Waals surface area contributed by atoms with Crippen LogP contribution in [0.1, 0.15) is 50.8 Å². The van der Waals surface area contributed by atoms with E-state index >= 15 is 0 Å². The molecule has 0 spiro atoms. The van der Waals surface area contributed by atoms with Crippen LogP contribution in [-0.4, -0.2) is 5.54 Å². The Morgan fingerprint density at radius 2 is 1.76 bits per heavy atom. The van der Waals surface area contributed by atoms with Crippen molar-refractivity contribution in [3.05, 3.63) is 34.9 Å². The average Bonchev–Trinajstić information content (AvgIpc) is 2.59. The van der Waals surface area contributed by atoms with E-state index in [0.717, 1.165) is 19.6 Å². The summed E-state index contributed by atoms with van der Waals surface area (Å²) < 4.78 is 5.46. The summed E-state index contributed by atoms with van der Waals surface area (Å²) in [4.78, 5) is 0. The second-order valence-corrected chi connectivity index (χ2v) is 6.53. The summed E-state index contributed by atoms with van der Waals surface area (Å²) in [6, 6.07) is 6.70. The molecule has 2 nitrogen and oxygen atoms in total. The van der Waals surface area contributed by atoms with Crippen LogP contribution in [-0.2, 0) is 23.4 Å². The standard InChI is InChI=1S/C15H23NO/c1-14(2,10-15(3,4)16)13-6-5-11-8-17-9-12(11)7-13/h5-7H,8-10,16H2,1-4H3. The molecule has 0 radical (unpaired) electrons. The second kappa shape index (κ2) is 4.11. The summed E-state index contributed by atoms with van der Waals surface area (Å²) in [7, 11) is 0. The Hall–Kier alpha value is -0.860. The minimum atomic E-state index is -0.140. The molecule has 1 aliphatic rings. The molecular weight excluding hydrogens is 210 g/mol. The Balaban J connectivity index is 2.27. The SMILES string of the molecule is CC(C)(N)CC(C)(C)c1ccc2c(c1)COC2. The van der Waals surface area contributed by atoms with Crippen LogP contribution >= 0.6 is 0 Å². The van der Waals surface area contributed by atoms with Crippen LogP contribution in [0, 0.1) is 0 Å². The molecule has 1 aliphatic heterocycles. The number of ether oxygens (including phenoxy) is 1. The second-order valence-electron chi connectivity index (χ2n) is 6.53. The Morgan fingerprint density at radius 1 is 1.12 bits per heavy atom. The van der Waals surface area contributed by atoms with Gasteiger partial charge in [0.05, 0.1) is 13.2 Å². The highest BCUT2D eigenvalue weighted by atomic mass is 16.5. The van der Waals surface area contributed by atoms with Gasteiger partial charge < -0.3 is 10.5 Å². The highest BCUT2D eigenvalue weighted by Gasteiger charge is 2.28. The van der Waals surface area contributed by atoms with E-state index in [0.29, 0.717) is 0 Å². The topological polar surface area (TPSA) is 35.2 Å². The number of nitrogens with two attached hydrogens (primary N) is 1. The summed E-state index contributed by atoms with van der Waals surface area (Å²) in [5.41, 5.74) is 10.1. The van der Waals surface area contributed by atoms with Crippen molar-refractivity contribution in [3.8, 4) is 0 Å². The number of hydrogen-bond donors (Lipinski definition) is 1. The third kappa shape index (κ3) is 2.88. The molecule has 1 heterocycles. The van der Waals surface area contributed by atoms with Crippen LogP contribution in [0.3, 0.4) is 0 Å². The van der Waals surface area contributed by atoms with Crippen molar-refractivity contribution in [1.82, 2.24) is 0 Å². The number of benzene rings is 1. The maximum absolute atomic E-state index is 6.15. The number of hydrogen-bond acceptors (Lipinski definition) is 2. The monoisotopic (exact) mass is 233 g/mol. The first-order valence-corrected chi connectivity index (χ1v) is 6.27. The maximum atomic E-state index is 6.15. The van der Waals surface area contributed by atoms with Crippen LogP contribution in [0.25, 0.3) is 0 Å². The highest BCUT2D eigenvalue weighted by molar-refractivity contribution is 5.36. The fourth-order valence-electron chi connectivity index (χ4n) is 2.83. The number of rotatable bonds is 3. The van der Waals surface area contributed by atoms with E-state index in [1.807, 2.05) is 0 Å². The molecule has 2 N–H and O–H groups in total. The maximum Gasteiger partial charge on any atom is 0.0725 e. The van der Waals surface area contributed by atoms with Crippen molar-refractivity contribution < 1.29 is 4.74 Å².